The Hall–Kier alpha value is -2.94. The van der Waals surface area contributed by atoms with Crippen LogP contribution in [-0.4, -0.2) is 14.2 Å². The van der Waals surface area contributed by atoms with Crippen molar-refractivity contribution >= 4 is 11.4 Å². The Bertz CT molecular complexity index is 673. The fraction of sp³-hybridized carbons (Fsp3) is 0.100. The minimum Gasteiger partial charge on any atom is -0.504 e. The second-order valence-corrected chi connectivity index (χ2v) is 4.73. The number of ether oxygens (including phenoxy) is 2. The van der Waals surface area contributed by atoms with E-state index in [0.717, 1.165) is 22.8 Å². The van der Waals surface area contributed by atoms with Crippen molar-refractivity contribution in [1.82, 2.24) is 0 Å². The van der Waals surface area contributed by atoms with Crippen molar-refractivity contribution < 1.29 is 9.47 Å². The Balaban J connectivity index is 2.48. The van der Waals surface area contributed by atoms with Gasteiger partial charge in [0.1, 0.15) is 5.75 Å². The van der Waals surface area contributed by atoms with Gasteiger partial charge in [-0.3, -0.25) is 0 Å². The number of allylic oxidation sites excluding steroid dienone is 3. The molecule has 0 N–H and O–H groups in total. The third-order valence-corrected chi connectivity index (χ3v) is 3.29. The fourth-order valence-electron chi connectivity index (χ4n) is 2.21. The van der Waals surface area contributed by atoms with Crippen LogP contribution in [0.25, 0.3) is 0 Å². The Morgan fingerprint density at radius 3 is 2.17 bits per heavy atom. The molecule has 0 aliphatic heterocycles. The van der Waals surface area contributed by atoms with Crippen LogP contribution >= 0.6 is 0 Å². The summed E-state index contributed by atoms with van der Waals surface area (Å²) < 4.78 is 10.2. The van der Waals surface area contributed by atoms with Crippen molar-refractivity contribution in [2.45, 2.75) is 0 Å². The smallest absolute Gasteiger partial charge is 0.119 e. The largest absolute Gasteiger partial charge is 0.504 e. The van der Waals surface area contributed by atoms with Gasteiger partial charge in [0.05, 0.1) is 20.5 Å². The lowest BCUT2D eigenvalue weighted by molar-refractivity contribution is 0.338. The van der Waals surface area contributed by atoms with Gasteiger partial charge in [-0.05, 0) is 54.6 Å². The molecule has 3 heteroatoms. The molecule has 0 aliphatic carbocycles. The summed E-state index contributed by atoms with van der Waals surface area (Å²) in [5, 5.41) is 0. The Morgan fingerprint density at radius 1 is 0.957 bits per heavy atom. The molecule has 0 aromatic heterocycles. The maximum atomic E-state index is 5.24. The molecule has 0 atom stereocenters. The van der Waals surface area contributed by atoms with E-state index in [9.17, 15) is 0 Å². The molecule has 0 heterocycles. The van der Waals surface area contributed by atoms with E-state index < -0.39 is 0 Å². The van der Waals surface area contributed by atoms with Gasteiger partial charge in [0, 0.05) is 17.1 Å². The molecular formula is C20H21NO2. The molecule has 2 aromatic carbocycles. The molecule has 2 rings (SSSR count). The predicted octanol–water partition coefficient (Wildman–Crippen LogP) is 5.06. The predicted molar refractivity (Wildman–Crippen MR) is 96.0 cm³/mol. The van der Waals surface area contributed by atoms with E-state index in [4.69, 9.17) is 9.47 Å². The zero-order valence-corrected chi connectivity index (χ0v) is 13.5. The quantitative estimate of drug-likeness (QED) is 0.527. The Kier molecular flexibility index (Phi) is 6.07. The van der Waals surface area contributed by atoms with Gasteiger partial charge in [0.2, 0.25) is 0 Å². The first-order valence-corrected chi connectivity index (χ1v) is 7.31. The maximum Gasteiger partial charge on any atom is 0.119 e. The average Bonchev–Trinajstić information content (AvgIpc) is 2.62. The van der Waals surface area contributed by atoms with Gasteiger partial charge in [0.15, 0.2) is 0 Å². The first-order valence-electron chi connectivity index (χ1n) is 7.31. The van der Waals surface area contributed by atoms with Crippen LogP contribution in [0.15, 0.2) is 91.4 Å². The molecule has 0 radical (unpaired) electrons. The standard InChI is InChI=1S/C20H21NO2/c1-4-17(11-8-16-22-2)21(18-9-6-5-7-10-18)19-12-14-20(23-3)15-13-19/h4-16H,1H2,2-3H3/b16-8+,17-11+. The normalized spacial score (nSPS) is 11.3. The van der Waals surface area contributed by atoms with Crippen molar-refractivity contribution in [3.05, 3.63) is 91.4 Å². The van der Waals surface area contributed by atoms with E-state index in [1.54, 1.807) is 20.5 Å². The summed E-state index contributed by atoms with van der Waals surface area (Å²) >= 11 is 0. The molecular weight excluding hydrogens is 286 g/mol. The van der Waals surface area contributed by atoms with E-state index in [-0.39, 0.29) is 0 Å². The van der Waals surface area contributed by atoms with Crippen LogP contribution in [-0.2, 0) is 4.74 Å². The lowest BCUT2D eigenvalue weighted by Crippen LogP contribution is -2.14. The number of benzene rings is 2. The van der Waals surface area contributed by atoms with Crippen LogP contribution in [0.5, 0.6) is 5.75 Å². The highest BCUT2D eigenvalue weighted by atomic mass is 16.5. The molecule has 0 amide bonds. The Morgan fingerprint density at radius 2 is 1.61 bits per heavy atom. The molecule has 0 unspecified atom stereocenters. The number of rotatable bonds is 7. The molecule has 0 fully saturated rings. The van der Waals surface area contributed by atoms with Crippen molar-refractivity contribution in [3.8, 4) is 5.75 Å². The van der Waals surface area contributed by atoms with Crippen molar-refractivity contribution in [2.75, 3.05) is 19.1 Å². The first kappa shape index (κ1) is 16.4. The van der Waals surface area contributed by atoms with Gasteiger partial charge in [-0.15, -0.1) is 0 Å². The lowest BCUT2D eigenvalue weighted by Gasteiger charge is -2.26. The molecule has 0 spiro atoms. The number of hydrogen-bond donors (Lipinski definition) is 0. The van der Waals surface area contributed by atoms with E-state index in [1.165, 1.54) is 0 Å². The molecule has 3 nitrogen and oxygen atoms in total. The van der Waals surface area contributed by atoms with E-state index in [1.807, 2.05) is 60.7 Å². The van der Waals surface area contributed by atoms with Crippen LogP contribution < -0.4 is 9.64 Å². The molecule has 2 aromatic rings. The third kappa shape index (κ3) is 4.27. The first-order chi connectivity index (χ1) is 11.3. The van der Waals surface area contributed by atoms with Gasteiger partial charge in [-0.25, -0.2) is 0 Å². The highest BCUT2D eigenvalue weighted by Crippen LogP contribution is 2.31. The van der Waals surface area contributed by atoms with Gasteiger partial charge in [-0.2, -0.15) is 0 Å². The van der Waals surface area contributed by atoms with Crippen LogP contribution in [0.4, 0.5) is 11.4 Å². The van der Waals surface area contributed by atoms with Crippen molar-refractivity contribution in [3.63, 3.8) is 0 Å². The minimum absolute atomic E-state index is 0.824. The van der Waals surface area contributed by atoms with Gasteiger partial charge in [0.25, 0.3) is 0 Å². The maximum absolute atomic E-state index is 5.24. The van der Waals surface area contributed by atoms with E-state index in [2.05, 4.69) is 23.6 Å². The molecule has 0 bridgehead atoms. The average molecular weight is 307 g/mol. The lowest BCUT2D eigenvalue weighted by atomic mass is 10.2. The summed E-state index contributed by atoms with van der Waals surface area (Å²) in [6.07, 6.45) is 7.24. The van der Waals surface area contributed by atoms with Crippen LogP contribution in [0.2, 0.25) is 0 Å². The third-order valence-electron chi connectivity index (χ3n) is 3.29. The molecule has 118 valence electrons. The molecule has 23 heavy (non-hydrogen) atoms. The number of methoxy groups -OCH3 is 2. The monoisotopic (exact) mass is 307 g/mol. The van der Waals surface area contributed by atoms with E-state index in [0.29, 0.717) is 0 Å². The summed E-state index contributed by atoms with van der Waals surface area (Å²) in [5.74, 6) is 0.824. The van der Waals surface area contributed by atoms with Crippen LogP contribution in [0.3, 0.4) is 0 Å². The minimum atomic E-state index is 0.824. The summed E-state index contributed by atoms with van der Waals surface area (Å²) in [6, 6.07) is 18.1. The zero-order valence-electron chi connectivity index (χ0n) is 13.5. The van der Waals surface area contributed by atoms with Crippen LogP contribution in [0, 0.1) is 0 Å². The number of para-hydroxylation sites is 1. The van der Waals surface area contributed by atoms with Crippen LogP contribution in [0.1, 0.15) is 0 Å². The summed E-state index contributed by atoms with van der Waals surface area (Å²) in [4.78, 5) is 2.12. The second-order valence-electron chi connectivity index (χ2n) is 4.73. The number of nitrogens with zero attached hydrogens (tertiary/aromatic N) is 1. The topological polar surface area (TPSA) is 21.7 Å². The molecule has 0 saturated carbocycles. The second kappa shape index (κ2) is 8.49. The summed E-state index contributed by atoms with van der Waals surface area (Å²) in [7, 11) is 3.28. The molecule has 0 saturated heterocycles. The fourth-order valence-corrected chi connectivity index (χ4v) is 2.21. The van der Waals surface area contributed by atoms with Crippen molar-refractivity contribution in [1.29, 1.82) is 0 Å². The zero-order chi connectivity index (χ0) is 16.5. The van der Waals surface area contributed by atoms with Gasteiger partial charge in [-0.1, -0.05) is 24.8 Å². The Labute approximate surface area is 137 Å². The highest BCUT2D eigenvalue weighted by molar-refractivity contribution is 5.70. The number of hydrogen-bond acceptors (Lipinski definition) is 3. The van der Waals surface area contributed by atoms with Gasteiger partial charge >= 0.3 is 0 Å². The SMILES string of the molecule is C=C/C(=C\C=C\OC)N(c1ccccc1)c1ccc(OC)cc1. The van der Waals surface area contributed by atoms with Crippen molar-refractivity contribution in [2.24, 2.45) is 0 Å². The number of anilines is 2. The summed E-state index contributed by atoms with van der Waals surface area (Å²) in [5.41, 5.74) is 3.01. The highest BCUT2D eigenvalue weighted by Gasteiger charge is 2.12. The molecule has 0 aliphatic rings. The summed E-state index contributed by atoms with van der Waals surface area (Å²) in [6.45, 7) is 3.94. The van der Waals surface area contributed by atoms with E-state index >= 15 is 0 Å². The van der Waals surface area contributed by atoms with Gasteiger partial charge < -0.3 is 14.4 Å².